The van der Waals surface area contributed by atoms with Crippen molar-refractivity contribution < 1.29 is 8.42 Å². The van der Waals surface area contributed by atoms with E-state index >= 15 is 0 Å². The highest BCUT2D eigenvalue weighted by molar-refractivity contribution is 7.86. The topological polar surface area (TPSA) is 52.7 Å². The van der Waals surface area contributed by atoms with Gasteiger partial charge in [0.1, 0.15) is 0 Å². The van der Waals surface area contributed by atoms with E-state index in [-0.39, 0.29) is 0 Å². The summed E-state index contributed by atoms with van der Waals surface area (Å²) in [4.78, 5) is 0. The third kappa shape index (κ3) is 2.94. The molecule has 1 fully saturated rings. The van der Waals surface area contributed by atoms with E-state index in [0.29, 0.717) is 32.2 Å². The van der Waals surface area contributed by atoms with Crippen LogP contribution in [-0.4, -0.2) is 56.3 Å². The zero-order valence-corrected chi connectivity index (χ0v) is 11.3. The maximum absolute atomic E-state index is 12.2. The Morgan fingerprint density at radius 1 is 1.38 bits per heavy atom. The van der Waals surface area contributed by atoms with Gasteiger partial charge in [0.05, 0.1) is 0 Å². The van der Waals surface area contributed by atoms with Crippen LogP contribution in [0.5, 0.6) is 0 Å². The molecule has 0 aliphatic carbocycles. The van der Waals surface area contributed by atoms with Gasteiger partial charge in [0.2, 0.25) is 0 Å². The number of nitrogens with one attached hydrogen (secondary N) is 1. The second-order valence-corrected chi connectivity index (χ2v) is 6.01. The molecule has 0 radical (unpaired) electrons. The lowest BCUT2D eigenvalue weighted by molar-refractivity contribution is 0.271. The smallest absolute Gasteiger partial charge is 0.282 e. The molecule has 1 atom stereocenters. The quantitative estimate of drug-likeness (QED) is 0.760. The molecular weight excluding hydrogens is 226 g/mol. The first-order valence-corrected chi connectivity index (χ1v) is 7.38. The van der Waals surface area contributed by atoms with Crippen molar-refractivity contribution in [2.24, 2.45) is 0 Å². The van der Waals surface area contributed by atoms with Gasteiger partial charge in [0, 0.05) is 32.2 Å². The first-order chi connectivity index (χ1) is 7.56. The molecule has 1 heterocycles. The van der Waals surface area contributed by atoms with Gasteiger partial charge >= 0.3 is 0 Å². The van der Waals surface area contributed by atoms with Gasteiger partial charge in [-0.2, -0.15) is 17.0 Å². The monoisotopic (exact) mass is 249 g/mol. The Hall–Kier alpha value is -0.170. The predicted octanol–water partition coefficient (Wildman–Crippen LogP) is 0.257. The van der Waals surface area contributed by atoms with Crippen LogP contribution >= 0.6 is 0 Å². The normalized spacial score (nSPS) is 23.9. The van der Waals surface area contributed by atoms with Gasteiger partial charge in [-0.05, 0) is 19.9 Å². The number of hydrogen-bond donors (Lipinski definition) is 1. The molecule has 0 saturated carbocycles. The molecule has 0 bridgehead atoms. The molecule has 6 heteroatoms. The molecule has 1 N–H and O–H groups in total. The molecule has 16 heavy (non-hydrogen) atoms. The van der Waals surface area contributed by atoms with E-state index in [1.165, 1.54) is 4.31 Å². The lowest BCUT2D eigenvalue weighted by Crippen LogP contribution is -2.51. The zero-order valence-electron chi connectivity index (χ0n) is 10.4. The van der Waals surface area contributed by atoms with Gasteiger partial charge in [-0.15, -0.1) is 0 Å². The number of rotatable bonds is 5. The summed E-state index contributed by atoms with van der Waals surface area (Å²) in [6.45, 7) is 6.08. The molecule has 1 aliphatic heterocycles. The highest BCUT2D eigenvalue weighted by atomic mass is 32.2. The van der Waals surface area contributed by atoms with Crippen molar-refractivity contribution in [2.45, 2.75) is 32.7 Å². The minimum atomic E-state index is -3.24. The fourth-order valence-electron chi connectivity index (χ4n) is 2.10. The van der Waals surface area contributed by atoms with E-state index in [2.05, 4.69) is 5.32 Å². The molecule has 0 aromatic heterocycles. The highest BCUT2D eigenvalue weighted by Crippen LogP contribution is 2.16. The Bertz CT molecular complexity index is 301. The van der Waals surface area contributed by atoms with Gasteiger partial charge < -0.3 is 5.32 Å². The van der Waals surface area contributed by atoms with E-state index in [1.807, 2.05) is 20.9 Å². The molecule has 96 valence electrons. The van der Waals surface area contributed by atoms with Crippen LogP contribution in [0.2, 0.25) is 0 Å². The first kappa shape index (κ1) is 13.9. The van der Waals surface area contributed by atoms with Crippen LogP contribution in [0.4, 0.5) is 0 Å². The van der Waals surface area contributed by atoms with E-state index < -0.39 is 10.2 Å². The molecular formula is C10H23N3O2S. The Balaban J connectivity index is 2.75. The van der Waals surface area contributed by atoms with Gasteiger partial charge in [-0.1, -0.05) is 13.8 Å². The first-order valence-electron chi connectivity index (χ1n) is 5.98. The number of piperidine rings is 1. The second kappa shape index (κ2) is 5.95. The summed E-state index contributed by atoms with van der Waals surface area (Å²) in [5, 5.41) is 3.16. The van der Waals surface area contributed by atoms with Crippen molar-refractivity contribution in [1.29, 1.82) is 0 Å². The molecule has 0 amide bonds. The molecule has 5 nitrogen and oxygen atoms in total. The minimum Gasteiger partial charge on any atom is -0.316 e. The van der Waals surface area contributed by atoms with Crippen molar-refractivity contribution in [1.82, 2.24) is 13.9 Å². The largest absolute Gasteiger partial charge is 0.316 e. The molecule has 1 unspecified atom stereocenters. The SMILES string of the molecule is CCN(CC)S(=O)(=O)N1CCCC(NC)C1. The van der Waals surface area contributed by atoms with Crippen LogP contribution in [0.15, 0.2) is 0 Å². The lowest BCUT2D eigenvalue weighted by atomic mass is 10.1. The highest BCUT2D eigenvalue weighted by Gasteiger charge is 2.31. The molecule has 0 aromatic carbocycles. The Labute approximate surface area is 99.0 Å². The Kier molecular flexibility index (Phi) is 5.17. The van der Waals surface area contributed by atoms with E-state index in [4.69, 9.17) is 0 Å². The lowest BCUT2D eigenvalue weighted by Gasteiger charge is -2.34. The molecule has 1 rings (SSSR count). The fourth-order valence-corrected chi connectivity index (χ4v) is 3.81. The standard InChI is InChI=1S/C10H23N3O2S/c1-4-12(5-2)16(14,15)13-8-6-7-10(9-13)11-3/h10-11H,4-9H2,1-3H3. The van der Waals surface area contributed by atoms with Crippen molar-refractivity contribution in [3.63, 3.8) is 0 Å². The summed E-state index contributed by atoms with van der Waals surface area (Å²) in [7, 11) is -1.35. The summed E-state index contributed by atoms with van der Waals surface area (Å²) in [6.07, 6.45) is 1.99. The summed E-state index contributed by atoms with van der Waals surface area (Å²) in [5.74, 6) is 0. The van der Waals surface area contributed by atoms with Gasteiger partial charge in [0.15, 0.2) is 0 Å². The summed E-state index contributed by atoms with van der Waals surface area (Å²) < 4.78 is 27.6. The van der Waals surface area contributed by atoms with Crippen LogP contribution in [0.1, 0.15) is 26.7 Å². The third-order valence-corrected chi connectivity index (χ3v) is 5.30. The van der Waals surface area contributed by atoms with E-state index in [0.717, 1.165) is 12.8 Å². The zero-order chi connectivity index (χ0) is 12.2. The van der Waals surface area contributed by atoms with Crippen molar-refractivity contribution in [3.8, 4) is 0 Å². The average molecular weight is 249 g/mol. The fraction of sp³-hybridized carbons (Fsp3) is 1.00. The predicted molar refractivity (Wildman–Crippen MR) is 65.5 cm³/mol. The van der Waals surface area contributed by atoms with Gasteiger partial charge in [-0.25, -0.2) is 0 Å². The van der Waals surface area contributed by atoms with Crippen LogP contribution < -0.4 is 5.32 Å². The van der Waals surface area contributed by atoms with Crippen molar-refractivity contribution in [2.75, 3.05) is 33.2 Å². The minimum absolute atomic E-state index is 0.291. The van der Waals surface area contributed by atoms with Crippen molar-refractivity contribution >= 4 is 10.2 Å². The van der Waals surface area contributed by atoms with E-state index in [1.54, 1.807) is 4.31 Å². The number of hydrogen-bond acceptors (Lipinski definition) is 3. The molecule has 0 aromatic rings. The molecule has 0 spiro atoms. The summed E-state index contributed by atoms with van der Waals surface area (Å²) in [5.41, 5.74) is 0. The molecule has 1 aliphatic rings. The third-order valence-electron chi connectivity index (χ3n) is 3.15. The van der Waals surface area contributed by atoms with Crippen LogP contribution in [0, 0.1) is 0 Å². The van der Waals surface area contributed by atoms with Crippen molar-refractivity contribution in [3.05, 3.63) is 0 Å². The van der Waals surface area contributed by atoms with Gasteiger partial charge in [0.25, 0.3) is 10.2 Å². The van der Waals surface area contributed by atoms with Gasteiger partial charge in [-0.3, -0.25) is 0 Å². The number of nitrogens with zero attached hydrogens (tertiary/aromatic N) is 2. The maximum atomic E-state index is 12.2. The summed E-state index contributed by atoms with van der Waals surface area (Å²) in [6, 6.07) is 0.291. The van der Waals surface area contributed by atoms with Crippen LogP contribution in [-0.2, 0) is 10.2 Å². The second-order valence-electron chi connectivity index (χ2n) is 4.08. The van der Waals surface area contributed by atoms with Crippen LogP contribution in [0.3, 0.4) is 0 Å². The van der Waals surface area contributed by atoms with Crippen LogP contribution in [0.25, 0.3) is 0 Å². The summed E-state index contributed by atoms with van der Waals surface area (Å²) >= 11 is 0. The molecule has 1 saturated heterocycles. The Morgan fingerprint density at radius 2 is 2.00 bits per heavy atom. The average Bonchev–Trinajstić information content (AvgIpc) is 2.30. The maximum Gasteiger partial charge on any atom is 0.282 e. The van der Waals surface area contributed by atoms with E-state index in [9.17, 15) is 8.42 Å². The Morgan fingerprint density at radius 3 is 2.50 bits per heavy atom. The number of likely N-dealkylation sites (N-methyl/N-ethyl adjacent to an activating group) is 1.